The van der Waals surface area contributed by atoms with Gasteiger partial charge in [0, 0.05) is 25.3 Å². The van der Waals surface area contributed by atoms with Crippen LogP contribution in [0.5, 0.6) is 0 Å². The van der Waals surface area contributed by atoms with Gasteiger partial charge in [-0.05, 0) is 19.8 Å². The smallest absolute Gasteiger partial charge is 0.137 e. The minimum absolute atomic E-state index is 0.234. The second kappa shape index (κ2) is 6.00. The minimum Gasteiger partial charge on any atom is -0.383 e. The van der Waals surface area contributed by atoms with Gasteiger partial charge >= 0.3 is 0 Å². The molecule has 0 amide bonds. The highest BCUT2D eigenvalue weighted by atomic mass is 16.5. The van der Waals surface area contributed by atoms with Gasteiger partial charge in [0.25, 0.3) is 0 Å². The maximum atomic E-state index is 5.98. The number of nitrogens with two attached hydrogens (primary N) is 1. The zero-order valence-corrected chi connectivity index (χ0v) is 11.2. The quantitative estimate of drug-likeness (QED) is 0.883. The Balaban J connectivity index is 2.27. The Morgan fingerprint density at radius 3 is 3.11 bits per heavy atom. The van der Waals surface area contributed by atoms with Crippen LogP contribution < -0.4 is 10.6 Å². The Morgan fingerprint density at radius 2 is 2.33 bits per heavy atom. The standard InChI is InChI=1S/C13H22N4O/c1-3-5-11-12(14)15-9-16-13(11)17-6-4-7-18-10(2)8-17/h9-10H,3-8H2,1-2H3,(H2,14,15,16). The van der Waals surface area contributed by atoms with Crippen LogP contribution in [-0.4, -0.2) is 35.8 Å². The topological polar surface area (TPSA) is 64.3 Å². The fourth-order valence-corrected chi connectivity index (χ4v) is 2.37. The Kier molecular flexibility index (Phi) is 4.36. The first-order chi connectivity index (χ1) is 8.72. The van der Waals surface area contributed by atoms with Crippen molar-refractivity contribution in [3.05, 3.63) is 11.9 Å². The lowest BCUT2D eigenvalue weighted by Crippen LogP contribution is -2.32. The van der Waals surface area contributed by atoms with Crippen molar-refractivity contribution in [2.24, 2.45) is 0 Å². The summed E-state index contributed by atoms with van der Waals surface area (Å²) >= 11 is 0. The second-order valence-corrected chi connectivity index (χ2v) is 4.79. The number of aromatic nitrogens is 2. The van der Waals surface area contributed by atoms with E-state index in [1.54, 1.807) is 6.33 Å². The first-order valence-electron chi connectivity index (χ1n) is 6.68. The molecule has 2 N–H and O–H groups in total. The molecule has 5 heteroatoms. The fourth-order valence-electron chi connectivity index (χ4n) is 2.37. The fraction of sp³-hybridized carbons (Fsp3) is 0.692. The Morgan fingerprint density at radius 1 is 1.50 bits per heavy atom. The van der Waals surface area contributed by atoms with Crippen LogP contribution in [-0.2, 0) is 11.2 Å². The van der Waals surface area contributed by atoms with Crippen molar-refractivity contribution in [3.63, 3.8) is 0 Å². The monoisotopic (exact) mass is 250 g/mol. The summed E-state index contributed by atoms with van der Waals surface area (Å²) in [6.45, 7) is 6.90. The van der Waals surface area contributed by atoms with E-state index < -0.39 is 0 Å². The van der Waals surface area contributed by atoms with Crippen molar-refractivity contribution in [2.75, 3.05) is 30.3 Å². The summed E-state index contributed by atoms with van der Waals surface area (Å²) in [4.78, 5) is 10.8. The van der Waals surface area contributed by atoms with E-state index in [0.717, 1.165) is 50.3 Å². The summed E-state index contributed by atoms with van der Waals surface area (Å²) in [7, 11) is 0. The molecule has 18 heavy (non-hydrogen) atoms. The number of nitrogen functional groups attached to an aromatic ring is 1. The van der Waals surface area contributed by atoms with Gasteiger partial charge in [-0.2, -0.15) is 0 Å². The van der Waals surface area contributed by atoms with Gasteiger partial charge in [0.2, 0.25) is 0 Å². The molecule has 0 bridgehead atoms. The van der Waals surface area contributed by atoms with E-state index in [9.17, 15) is 0 Å². The molecule has 1 aromatic rings. The molecule has 0 aliphatic carbocycles. The number of hydrogen-bond acceptors (Lipinski definition) is 5. The zero-order chi connectivity index (χ0) is 13.0. The lowest BCUT2D eigenvalue weighted by molar-refractivity contribution is 0.0820. The normalized spacial score (nSPS) is 20.8. The maximum absolute atomic E-state index is 5.98. The molecule has 1 aromatic heterocycles. The molecule has 1 atom stereocenters. The Labute approximate surface area is 108 Å². The molecule has 1 saturated heterocycles. The first-order valence-corrected chi connectivity index (χ1v) is 6.68. The van der Waals surface area contributed by atoms with E-state index in [2.05, 4.69) is 28.7 Å². The van der Waals surface area contributed by atoms with Crippen LogP contribution >= 0.6 is 0 Å². The average molecular weight is 250 g/mol. The molecule has 2 heterocycles. The van der Waals surface area contributed by atoms with Gasteiger partial charge in [0.15, 0.2) is 0 Å². The number of anilines is 2. The van der Waals surface area contributed by atoms with E-state index in [0.29, 0.717) is 5.82 Å². The Hall–Kier alpha value is -1.36. The van der Waals surface area contributed by atoms with Crippen LogP contribution in [0.25, 0.3) is 0 Å². The van der Waals surface area contributed by atoms with Gasteiger partial charge in [-0.3, -0.25) is 0 Å². The van der Waals surface area contributed by atoms with Crippen LogP contribution in [0.15, 0.2) is 6.33 Å². The summed E-state index contributed by atoms with van der Waals surface area (Å²) in [5, 5.41) is 0. The van der Waals surface area contributed by atoms with Gasteiger partial charge in [-0.25, -0.2) is 9.97 Å². The van der Waals surface area contributed by atoms with Crippen molar-refractivity contribution in [1.82, 2.24) is 9.97 Å². The third-order valence-corrected chi connectivity index (χ3v) is 3.21. The van der Waals surface area contributed by atoms with Crippen molar-refractivity contribution in [1.29, 1.82) is 0 Å². The highest BCUT2D eigenvalue weighted by molar-refractivity contribution is 5.56. The minimum atomic E-state index is 0.234. The average Bonchev–Trinajstić information content (AvgIpc) is 2.57. The van der Waals surface area contributed by atoms with Crippen molar-refractivity contribution >= 4 is 11.6 Å². The van der Waals surface area contributed by atoms with Gasteiger partial charge in [0.1, 0.15) is 18.0 Å². The highest BCUT2D eigenvalue weighted by Crippen LogP contribution is 2.24. The van der Waals surface area contributed by atoms with E-state index in [4.69, 9.17) is 10.5 Å². The third kappa shape index (κ3) is 2.90. The molecule has 100 valence electrons. The summed E-state index contributed by atoms with van der Waals surface area (Å²) in [5.41, 5.74) is 7.06. The number of rotatable bonds is 3. The Bertz CT molecular complexity index is 397. The zero-order valence-electron chi connectivity index (χ0n) is 11.2. The van der Waals surface area contributed by atoms with Crippen molar-refractivity contribution < 1.29 is 4.74 Å². The van der Waals surface area contributed by atoms with Gasteiger partial charge in [0.05, 0.1) is 6.10 Å². The predicted molar refractivity (Wildman–Crippen MR) is 72.7 cm³/mol. The summed E-state index contributed by atoms with van der Waals surface area (Å²) in [6, 6.07) is 0. The molecule has 1 aliphatic rings. The predicted octanol–water partition coefficient (Wildman–Crippen LogP) is 1.63. The van der Waals surface area contributed by atoms with Gasteiger partial charge in [-0.15, -0.1) is 0 Å². The van der Waals surface area contributed by atoms with E-state index in [-0.39, 0.29) is 6.10 Å². The number of hydrogen-bond donors (Lipinski definition) is 1. The lowest BCUT2D eigenvalue weighted by Gasteiger charge is -2.25. The van der Waals surface area contributed by atoms with Gasteiger partial charge < -0.3 is 15.4 Å². The van der Waals surface area contributed by atoms with Crippen LogP contribution in [0.2, 0.25) is 0 Å². The van der Waals surface area contributed by atoms with Crippen molar-refractivity contribution in [3.8, 4) is 0 Å². The molecular weight excluding hydrogens is 228 g/mol. The molecule has 1 aliphatic heterocycles. The van der Waals surface area contributed by atoms with E-state index >= 15 is 0 Å². The first kappa shape index (κ1) is 13.1. The van der Waals surface area contributed by atoms with Gasteiger partial charge in [-0.1, -0.05) is 13.3 Å². The second-order valence-electron chi connectivity index (χ2n) is 4.79. The molecule has 0 aromatic carbocycles. The number of nitrogens with zero attached hydrogens (tertiary/aromatic N) is 3. The summed E-state index contributed by atoms with van der Waals surface area (Å²) in [5.74, 6) is 1.60. The maximum Gasteiger partial charge on any atom is 0.137 e. The lowest BCUT2D eigenvalue weighted by atomic mass is 10.1. The molecule has 5 nitrogen and oxygen atoms in total. The van der Waals surface area contributed by atoms with Crippen LogP contribution in [0.3, 0.4) is 0 Å². The molecule has 0 saturated carbocycles. The molecule has 2 rings (SSSR count). The largest absolute Gasteiger partial charge is 0.383 e. The highest BCUT2D eigenvalue weighted by Gasteiger charge is 2.20. The molecule has 0 radical (unpaired) electrons. The summed E-state index contributed by atoms with van der Waals surface area (Å²) in [6.07, 6.45) is 4.79. The van der Waals surface area contributed by atoms with Crippen LogP contribution in [0, 0.1) is 0 Å². The van der Waals surface area contributed by atoms with Crippen LogP contribution in [0.1, 0.15) is 32.3 Å². The third-order valence-electron chi connectivity index (χ3n) is 3.21. The molecule has 0 spiro atoms. The molecule has 1 unspecified atom stereocenters. The van der Waals surface area contributed by atoms with Crippen LogP contribution in [0.4, 0.5) is 11.6 Å². The SMILES string of the molecule is CCCc1c(N)ncnc1N1CCCOC(C)C1. The molecule has 1 fully saturated rings. The van der Waals surface area contributed by atoms with E-state index in [1.807, 2.05) is 0 Å². The van der Waals surface area contributed by atoms with Crippen molar-refractivity contribution in [2.45, 2.75) is 39.2 Å². The van der Waals surface area contributed by atoms with E-state index in [1.165, 1.54) is 0 Å². The molecular formula is C13H22N4O. The summed E-state index contributed by atoms with van der Waals surface area (Å²) < 4.78 is 5.67. The number of ether oxygens (including phenoxy) is 1.